The van der Waals surface area contributed by atoms with E-state index in [2.05, 4.69) is 5.32 Å². The SMILES string of the molecule is O=C(NCC1(O)CCCC1)c1cccc(OCc2cccs2)c1. The van der Waals surface area contributed by atoms with Crippen LogP contribution >= 0.6 is 11.3 Å². The number of thiophene rings is 1. The molecule has 4 nitrogen and oxygen atoms in total. The van der Waals surface area contributed by atoms with Gasteiger partial charge in [0.05, 0.1) is 5.60 Å². The highest BCUT2D eigenvalue weighted by molar-refractivity contribution is 7.09. The minimum absolute atomic E-state index is 0.174. The third kappa shape index (κ3) is 4.33. The largest absolute Gasteiger partial charge is 0.488 e. The first-order valence-electron chi connectivity index (χ1n) is 7.90. The molecule has 1 aromatic heterocycles. The van der Waals surface area contributed by atoms with E-state index in [4.69, 9.17) is 4.74 Å². The van der Waals surface area contributed by atoms with Crippen LogP contribution in [0, 0.1) is 0 Å². The normalized spacial score (nSPS) is 16.2. The van der Waals surface area contributed by atoms with E-state index in [0.717, 1.165) is 30.6 Å². The second-order valence-electron chi connectivity index (χ2n) is 6.01. The molecular weight excluding hydrogens is 310 g/mol. The number of hydrogen-bond acceptors (Lipinski definition) is 4. The molecule has 0 spiro atoms. The lowest BCUT2D eigenvalue weighted by Gasteiger charge is -2.22. The first kappa shape index (κ1) is 16.0. The van der Waals surface area contributed by atoms with Crippen LogP contribution in [0.3, 0.4) is 0 Å². The molecule has 0 unspecified atom stereocenters. The maximum absolute atomic E-state index is 12.3. The Morgan fingerprint density at radius 3 is 2.83 bits per heavy atom. The van der Waals surface area contributed by atoms with Crippen LogP contribution in [0.25, 0.3) is 0 Å². The predicted octanol–water partition coefficient (Wildman–Crippen LogP) is 3.36. The predicted molar refractivity (Wildman–Crippen MR) is 90.8 cm³/mol. The average Bonchev–Trinajstić information content (AvgIpc) is 3.23. The molecule has 1 aromatic carbocycles. The topological polar surface area (TPSA) is 58.6 Å². The minimum Gasteiger partial charge on any atom is -0.488 e. The quantitative estimate of drug-likeness (QED) is 0.853. The zero-order valence-electron chi connectivity index (χ0n) is 13.0. The van der Waals surface area contributed by atoms with Crippen molar-refractivity contribution >= 4 is 17.2 Å². The van der Waals surface area contributed by atoms with Crippen LogP contribution in [-0.2, 0) is 6.61 Å². The van der Waals surface area contributed by atoms with E-state index in [-0.39, 0.29) is 5.91 Å². The Bertz CT molecular complexity index is 648. The standard InChI is InChI=1S/C18H21NO3S/c20-17(19-13-18(21)8-1-2-9-18)14-5-3-6-15(11-14)22-12-16-7-4-10-23-16/h3-7,10-11,21H,1-2,8-9,12-13H2,(H,19,20). The van der Waals surface area contributed by atoms with Gasteiger partial charge in [0.1, 0.15) is 12.4 Å². The van der Waals surface area contributed by atoms with Crippen LogP contribution < -0.4 is 10.1 Å². The maximum Gasteiger partial charge on any atom is 0.251 e. The van der Waals surface area contributed by atoms with Gasteiger partial charge in [-0.2, -0.15) is 0 Å². The van der Waals surface area contributed by atoms with Gasteiger partial charge < -0.3 is 15.2 Å². The lowest BCUT2D eigenvalue weighted by Crippen LogP contribution is -2.40. The summed E-state index contributed by atoms with van der Waals surface area (Å²) in [5.41, 5.74) is -0.182. The number of aliphatic hydroxyl groups is 1. The Kier molecular flexibility index (Phi) is 4.98. The summed E-state index contributed by atoms with van der Waals surface area (Å²) >= 11 is 1.64. The molecule has 0 atom stereocenters. The molecule has 1 amide bonds. The van der Waals surface area contributed by atoms with Crippen molar-refractivity contribution in [2.75, 3.05) is 6.54 Å². The van der Waals surface area contributed by atoms with E-state index in [9.17, 15) is 9.90 Å². The van der Waals surface area contributed by atoms with Crippen molar-refractivity contribution in [2.45, 2.75) is 37.9 Å². The second-order valence-corrected chi connectivity index (χ2v) is 7.04. The Labute approximate surface area is 140 Å². The lowest BCUT2D eigenvalue weighted by molar-refractivity contribution is 0.0449. The molecule has 5 heteroatoms. The fourth-order valence-corrected chi connectivity index (χ4v) is 3.45. The van der Waals surface area contributed by atoms with E-state index < -0.39 is 5.60 Å². The number of rotatable bonds is 6. The average molecular weight is 331 g/mol. The molecule has 23 heavy (non-hydrogen) atoms. The van der Waals surface area contributed by atoms with E-state index in [0.29, 0.717) is 24.5 Å². The van der Waals surface area contributed by atoms with E-state index in [1.165, 1.54) is 0 Å². The molecule has 0 aliphatic heterocycles. The third-order valence-corrected chi connectivity index (χ3v) is 5.02. The molecule has 1 saturated carbocycles. The fraction of sp³-hybridized carbons (Fsp3) is 0.389. The molecule has 2 aromatic rings. The van der Waals surface area contributed by atoms with Crippen molar-refractivity contribution < 1.29 is 14.6 Å². The van der Waals surface area contributed by atoms with E-state index in [1.807, 2.05) is 29.6 Å². The van der Waals surface area contributed by atoms with Gasteiger partial charge in [0.25, 0.3) is 5.91 Å². The highest BCUT2D eigenvalue weighted by Gasteiger charge is 2.31. The monoisotopic (exact) mass is 331 g/mol. The molecule has 3 rings (SSSR count). The number of hydrogen-bond donors (Lipinski definition) is 2. The Morgan fingerprint density at radius 1 is 1.26 bits per heavy atom. The molecule has 0 bridgehead atoms. The lowest BCUT2D eigenvalue weighted by atomic mass is 10.0. The summed E-state index contributed by atoms with van der Waals surface area (Å²) in [4.78, 5) is 13.4. The highest BCUT2D eigenvalue weighted by atomic mass is 32.1. The summed E-state index contributed by atoms with van der Waals surface area (Å²) in [5, 5.41) is 15.1. The van der Waals surface area contributed by atoms with Gasteiger partial charge in [0, 0.05) is 17.0 Å². The van der Waals surface area contributed by atoms with Gasteiger partial charge >= 0.3 is 0 Å². The molecule has 1 aliphatic rings. The van der Waals surface area contributed by atoms with Crippen molar-refractivity contribution in [3.63, 3.8) is 0 Å². The molecule has 1 heterocycles. The number of nitrogens with one attached hydrogen (secondary N) is 1. The van der Waals surface area contributed by atoms with Gasteiger partial charge in [-0.3, -0.25) is 4.79 Å². The van der Waals surface area contributed by atoms with Crippen molar-refractivity contribution in [2.24, 2.45) is 0 Å². The number of benzene rings is 1. The van der Waals surface area contributed by atoms with Crippen LogP contribution in [0.5, 0.6) is 5.75 Å². The summed E-state index contributed by atoms with van der Waals surface area (Å²) in [6.45, 7) is 0.814. The van der Waals surface area contributed by atoms with Gasteiger partial charge in [-0.25, -0.2) is 0 Å². The van der Waals surface area contributed by atoms with Gasteiger partial charge in [0.15, 0.2) is 0 Å². The van der Waals surface area contributed by atoms with Crippen LogP contribution in [0.4, 0.5) is 0 Å². The van der Waals surface area contributed by atoms with Crippen LogP contribution in [0.1, 0.15) is 40.9 Å². The van der Waals surface area contributed by atoms with Crippen molar-refractivity contribution in [1.82, 2.24) is 5.32 Å². The fourth-order valence-electron chi connectivity index (χ4n) is 2.83. The van der Waals surface area contributed by atoms with Crippen LogP contribution in [-0.4, -0.2) is 23.2 Å². The molecule has 1 fully saturated rings. The zero-order valence-corrected chi connectivity index (χ0v) is 13.8. The zero-order chi connectivity index (χ0) is 16.1. The van der Waals surface area contributed by atoms with Crippen molar-refractivity contribution in [1.29, 1.82) is 0 Å². The summed E-state index contributed by atoms with van der Waals surface area (Å²) in [6.07, 6.45) is 3.57. The van der Waals surface area contributed by atoms with Gasteiger partial charge in [-0.1, -0.05) is 25.0 Å². The highest BCUT2D eigenvalue weighted by Crippen LogP contribution is 2.28. The number of carbonyl (C=O) groups excluding carboxylic acids is 1. The Hall–Kier alpha value is -1.85. The molecular formula is C18H21NO3S. The number of amides is 1. The van der Waals surface area contributed by atoms with Gasteiger partial charge in [0.2, 0.25) is 0 Å². The number of ether oxygens (including phenoxy) is 1. The Balaban J connectivity index is 1.56. The maximum atomic E-state index is 12.3. The van der Waals surface area contributed by atoms with E-state index in [1.54, 1.807) is 23.5 Å². The molecule has 0 saturated heterocycles. The van der Waals surface area contributed by atoms with Crippen LogP contribution in [0.15, 0.2) is 41.8 Å². The first-order valence-corrected chi connectivity index (χ1v) is 8.78. The van der Waals surface area contributed by atoms with Gasteiger partial charge in [-0.15, -0.1) is 11.3 Å². The number of carbonyl (C=O) groups is 1. The van der Waals surface area contributed by atoms with Crippen molar-refractivity contribution in [3.8, 4) is 5.75 Å². The molecule has 122 valence electrons. The van der Waals surface area contributed by atoms with E-state index >= 15 is 0 Å². The molecule has 0 radical (unpaired) electrons. The third-order valence-electron chi connectivity index (χ3n) is 4.17. The van der Waals surface area contributed by atoms with Crippen LogP contribution in [0.2, 0.25) is 0 Å². The van der Waals surface area contributed by atoms with Crippen molar-refractivity contribution in [3.05, 3.63) is 52.2 Å². The summed E-state index contributed by atoms with van der Waals surface area (Å²) in [5.74, 6) is 0.498. The molecule has 1 aliphatic carbocycles. The smallest absolute Gasteiger partial charge is 0.251 e. The second kappa shape index (κ2) is 7.15. The minimum atomic E-state index is -0.733. The Morgan fingerprint density at radius 2 is 2.09 bits per heavy atom. The summed E-state index contributed by atoms with van der Waals surface area (Å²) in [7, 11) is 0. The molecule has 2 N–H and O–H groups in total. The summed E-state index contributed by atoms with van der Waals surface area (Å²) < 4.78 is 5.72. The summed E-state index contributed by atoms with van der Waals surface area (Å²) in [6, 6.07) is 11.1. The van der Waals surface area contributed by atoms with Gasteiger partial charge in [-0.05, 0) is 42.5 Å². The first-order chi connectivity index (χ1) is 11.1.